The van der Waals surface area contributed by atoms with Crippen LogP contribution >= 0.6 is 0 Å². The number of sulfonamides is 1. The molecule has 7 heteroatoms. The van der Waals surface area contributed by atoms with E-state index in [1.54, 1.807) is 14.0 Å². The SMILES string of the molecule is COc1cccc([C@@H]2CCCN2C(=O)c2cc(S(N)(=O)=O)cc(C)c2C)c1. The molecule has 2 aromatic carbocycles. The number of carbonyl (C=O) groups is 1. The van der Waals surface area contributed by atoms with Crippen molar-refractivity contribution in [2.45, 2.75) is 37.6 Å². The van der Waals surface area contributed by atoms with Crippen molar-refractivity contribution in [2.75, 3.05) is 13.7 Å². The highest BCUT2D eigenvalue weighted by Gasteiger charge is 2.32. The minimum atomic E-state index is -3.88. The number of rotatable bonds is 4. The highest BCUT2D eigenvalue weighted by atomic mass is 32.2. The molecular weight excluding hydrogens is 364 g/mol. The fraction of sp³-hybridized carbons (Fsp3) is 0.350. The van der Waals surface area contributed by atoms with Crippen LogP contribution in [0.25, 0.3) is 0 Å². The number of hydrogen-bond acceptors (Lipinski definition) is 4. The van der Waals surface area contributed by atoms with E-state index in [1.807, 2.05) is 36.1 Å². The number of benzene rings is 2. The summed E-state index contributed by atoms with van der Waals surface area (Å²) >= 11 is 0. The van der Waals surface area contributed by atoms with E-state index in [1.165, 1.54) is 12.1 Å². The van der Waals surface area contributed by atoms with Crippen LogP contribution in [0.1, 0.15) is 45.9 Å². The lowest BCUT2D eigenvalue weighted by Crippen LogP contribution is -2.31. The Kier molecular flexibility index (Phi) is 5.26. The third-order valence-corrected chi connectivity index (χ3v) is 6.08. The molecule has 1 fully saturated rings. The Morgan fingerprint density at radius 1 is 1.22 bits per heavy atom. The number of ether oxygens (including phenoxy) is 1. The summed E-state index contributed by atoms with van der Waals surface area (Å²) < 4.78 is 28.9. The first kappa shape index (κ1) is 19.4. The Balaban J connectivity index is 2.01. The molecule has 1 atom stereocenters. The van der Waals surface area contributed by atoms with Gasteiger partial charge in [0, 0.05) is 12.1 Å². The van der Waals surface area contributed by atoms with E-state index >= 15 is 0 Å². The number of hydrogen-bond donors (Lipinski definition) is 1. The third kappa shape index (κ3) is 3.84. The first-order valence-corrected chi connectivity index (χ1v) is 10.4. The lowest BCUT2D eigenvalue weighted by atomic mass is 10.0. The molecule has 6 nitrogen and oxygen atoms in total. The van der Waals surface area contributed by atoms with Gasteiger partial charge in [0.05, 0.1) is 18.0 Å². The first-order valence-electron chi connectivity index (χ1n) is 8.81. The molecule has 0 bridgehead atoms. The molecule has 0 radical (unpaired) electrons. The first-order chi connectivity index (χ1) is 12.7. The second kappa shape index (κ2) is 7.32. The van der Waals surface area contributed by atoms with Gasteiger partial charge in [0.25, 0.3) is 5.91 Å². The van der Waals surface area contributed by atoms with Crippen molar-refractivity contribution >= 4 is 15.9 Å². The van der Waals surface area contributed by atoms with Gasteiger partial charge in [-0.1, -0.05) is 12.1 Å². The average molecular weight is 388 g/mol. The molecule has 3 rings (SSSR count). The molecule has 0 saturated carbocycles. The molecule has 1 saturated heterocycles. The van der Waals surface area contributed by atoms with Crippen LogP contribution in [0.5, 0.6) is 5.75 Å². The van der Waals surface area contributed by atoms with Crippen molar-refractivity contribution in [3.63, 3.8) is 0 Å². The van der Waals surface area contributed by atoms with Crippen LogP contribution in [0.3, 0.4) is 0 Å². The van der Waals surface area contributed by atoms with Gasteiger partial charge >= 0.3 is 0 Å². The molecule has 27 heavy (non-hydrogen) atoms. The van der Waals surface area contributed by atoms with E-state index in [0.29, 0.717) is 12.1 Å². The van der Waals surface area contributed by atoms with Crippen LogP contribution in [0.2, 0.25) is 0 Å². The van der Waals surface area contributed by atoms with Crippen molar-refractivity contribution in [3.05, 3.63) is 58.7 Å². The van der Waals surface area contributed by atoms with Crippen LogP contribution in [0.4, 0.5) is 0 Å². The largest absolute Gasteiger partial charge is 0.497 e. The average Bonchev–Trinajstić information content (AvgIpc) is 3.12. The number of carbonyl (C=O) groups excluding carboxylic acids is 1. The van der Waals surface area contributed by atoms with Gasteiger partial charge in [-0.2, -0.15) is 0 Å². The van der Waals surface area contributed by atoms with Gasteiger partial charge in [0.2, 0.25) is 10.0 Å². The molecule has 0 unspecified atom stereocenters. The van der Waals surface area contributed by atoms with Crippen LogP contribution < -0.4 is 9.88 Å². The van der Waals surface area contributed by atoms with Gasteiger partial charge in [-0.15, -0.1) is 0 Å². The summed E-state index contributed by atoms with van der Waals surface area (Å²) in [4.78, 5) is 15.1. The fourth-order valence-corrected chi connectivity index (χ4v) is 4.20. The number of aryl methyl sites for hydroxylation is 1. The molecule has 2 N–H and O–H groups in total. The van der Waals surface area contributed by atoms with Crippen molar-refractivity contribution < 1.29 is 17.9 Å². The quantitative estimate of drug-likeness (QED) is 0.872. The zero-order valence-corrected chi connectivity index (χ0v) is 16.5. The molecule has 1 aliphatic rings. The molecule has 0 aliphatic carbocycles. The summed E-state index contributed by atoms with van der Waals surface area (Å²) in [7, 11) is -2.27. The molecule has 2 aromatic rings. The minimum Gasteiger partial charge on any atom is -0.497 e. The third-order valence-electron chi connectivity index (χ3n) is 5.19. The number of likely N-dealkylation sites (tertiary alicyclic amines) is 1. The molecule has 1 aliphatic heterocycles. The van der Waals surface area contributed by atoms with Crippen LogP contribution in [0.15, 0.2) is 41.3 Å². The van der Waals surface area contributed by atoms with E-state index in [4.69, 9.17) is 9.88 Å². The Labute approximate surface area is 160 Å². The molecule has 1 amide bonds. The number of methoxy groups -OCH3 is 1. The van der Waals surface area contributed by atoms with Crippen molar-refractivity contribution in [1.82, 2.24) is 4.90 Å². The minimum absolute atomic E-state index is 0.0360. The van der Waals surface area contributed by atoms with Crippen LogP contribution in [-0.4, -0.2) is 32.9 Å². The summed E-state index contributed by atoms with van der Waals surface area (Å²) in [5, 5.41) is 5.28. The van der Waals surface area contributed by atoms with E-state index in [9.17, 15) is 13.2 Å². The zero-order valence-electron chi connectivity index (χ0n) is 15.7. The Morgan fingerprint density at radius 2 is 1.96 bits per heavy atom. The van der Waals surface area contributed by atoms with Gasteiger partial charge in [0.15, 0.2) is 0 Å². The molecule has 0 aromatic heterocycles. The van der Waals surface area contributed by atoms with Crippen molar-refractivity contribution in [3.8, 4) is 5.75 Å². The van der Waals surface area contributed by atoms with Gasteiger partial charge < -0.3 is 9.64 Å². The number of amides is 1. The molecular formula is C20H24N2O4S. The van der Waals surface area contributed by atoms with E-state index in [2.05, 4.69) is 0 Å². The monoisotopic (exact) mass is 388 g/mol. The van der Waals surface area contributed by atoms with Crippen molar-refractivity contribution in [1.29, 1.82) is 0 Å². The Hall–Kier alpha value is -2.38. The summed E-state index contributed by atoms with van der Waals surface area (Å²) in [6.45, 7) is 4.23. The normalized spacial score (nSPS) is 17.2. The standard InChI is InChI=1S/C20H24N2O4S/c1-13-10-17(27(21,24)25)12-18(14(13)2)20(23)22-9-5-8-19(22)15-6-4-7-16(11-15)26-3/h4,6-7,10-12,19H,5,8-9H2,1-3H3,(H2,21,24,25)/t19-/m0/s1. The number of nitrogens with two attached hydrogens (primary N) is 1. The highest BCUT2D eigenvalue weighted by molar-refractivity contribution is 7.89. The zero-order chi connectivity index (χ0) is 19.8. The van der Waals surface area contributed by atoms with Crippen LogP contribution in [0, 0.1) is 13.8 Å². The second-order valence-corrected chi connectivity index (χ2v) is 8.45. The maximum absolute atomic E-state index is 13.3. The summed E-state index contributed by atoms with van der Waals surface area (Å²) in [5.41, 5.74) is 2.89. The van der Waals surface area contributed by atoms with E-state index < -0.39 is 10.0 Å². The van der Waals surface area contributed by atoms with Gasteiger partial charge in [0.1, 0.15) is 5.75 Å². The predicted molar refractivity (Wildman–Crippen MR) is 103 cm³/mol. The predicted octanol–water partition coefficient (Wildman–Crippen LogP) is 2.94. The van der Waals surface area contributed by atoms with E-state index in [-0.39, 0.29) is 16.8 Å². The van der Waals surface area contributed by atoms with Gasteiger partial charge in [-0.25, -0.2) is 13.6 Å². The summed E-state index contributed by atoms with van der Waals surface area (Å²) in [5.74, 6) is 0.571. The summed E-state index contributed by atoms with van der Waals surface area (Å²) in [6.07, 6.45) is 1.74. The molecule has 144 valence electrons. The maximum atomic E-state index is 13.3. The Bertz CT molecular complexity index is 985. The highest BCUT2D eigenvalue weighted by Crippen LogP contribution is 2.35. The van der Waals surface area contributed by atoms with Crippen molar-refractivity contribution in [2.24, 2.45) is 5.14 Å². The van der Waals surface area contributed by atoms with Crippen LogP contribution in [-0.2, 0) is 10.0 Å². The maximum Gasteiger partial charge on any atom is 0.254 e. The lowest BCUT2D eigenvalue weighted by molar-refractivity contribution is 0.0734. The molecule has 0 spiro atoms. The Morgan fingerprint density at radius 3 is 2.63 bits per heavy atom. The number of nitrogens with zero attached hydrogens (tertiary/aromatic N) is 1. The van der Waals surface area contributed by atoms with Gasteiger partial charge in [-0.3, -0.25) is 4.79 Å². The second-order valence-electron chi connectivity index (χ2n) is 6.89. The fourth-order valence-electron chi connectivity index (χ4n) is 3.57. The smallest absolute Gasteiger partial charge is 0.254 e. The van der Waals surface area contributed by atoms with E-state index in [0.717, 1.165) is 35.3 Å². The summed E-state index contributed by atoms with van der Waals surface area (Å²) in [6, 6.07) is 10.5. The number of primary sulfonamides is 1. The topological polar surface area (TPSA) is 89.7 Å². The lowest BCUT2D eigenvalue weighted by Gasteiger charge is -2.26. The van der Waals surface area contributed by atoms with Gasteiger partial charge in [-0.05, 0) is 67.6 Å². The molecule has 1 heterocycles.